The molecule has 29 heavy (non-hydrogen) atoms. The lowest BCUT2D eigenvalue weighted by atomic mass is 10.0. The molecule has 5 rings (SSSR count). The molecule has 0 saturated carbocycles. The summed E-state index contributed by atoms with van der Waals surface area (Å²) in [5.74, 6) is 0.104. The highest BCUT2D eigenvalue weighted by molar-refractivity contribution is 6.13. The molecule has 1 amide bonds. The number of Topliss-reactive ketones (excluding diaryl/α,β-unsaturated/α-hetero) is 1. The molecule has 0 saturated heterocycles. The number of H-pyrrole nitrogens is 1. The third kappa shape index (κ3) is 2.66. The summed E-state index contributed by atoms with van der Waals surface area (Å²) in [7, 11) is 0. The lowest BCUT2D eigenvalue weighted by molar-refractivity contribution is 0.0963. The molecule has 3 heterocycles. The number of carbonyl (C=O) groups is 2. The Morgan fingerprint density at radius 3 is 2.90 bits per heavy atom. The maximum absolute atomic E-state index is 13.1. The Balaban J connectivity index is 1.58. The van der Waals surface area contributed by atoms with E-state index in [4.69, 9.17) is 0 Å². The molecule has 0 unspecified atom stereocenters. The standard InChI is InChI=1S/C20H13N7O2/c21-10-11-4-5-15(14(8-11)19-23-25-26-24-19)22-20(29)16-9-12-2-1-3-13-17(28)6-7-27(16)18(12)13/h1-5,8-9H,6-7H2,(H,22,29)(H,23,24,25,26). The summed E-state index contributed by atoms with van der Waals surface area (Å²) in [6, 6.07) is 14.2. The van der Waals surface area contributed by atoms with Crippen LogP contribution in [0.5, 0.6) is 0 Å². The number of hydrogen-bond donors (Lipinski definition) is 2. The Kier molecular flexibility index (Phi) is 3.70. The summed E-state index contributed by atoms with van der Waals surface area (Å²) >= 11 is 0. The molecular formula is C20H13N7O2. The minimum Gasteiger partial charge on any atom is -0.335 e. The summed E-state index contributed by atoms with van der Waals surface area (Å²) in [5, 5.41) is 26.6. The molecule has 1 aliphatic heterocycles. The van der Waals surface area contributed by atoms with E-state index < -0.39 is 0 Å². The highest BCUT2D eigenvalue weighted by Gasteiger charge is 2.25. The number of aryl methyl sites for hydroxylation is 1. The highest BCUT2D eigenvalue weighted by atomic mass is 16.2. The minimum atomic E-state index is -0.320. The number of tetrazole rings is 1. The van der Waals surface area contributed by atoms with Crippen molar-refractivity contribution in [2.24, 2.45) is 0 Å². The number of nitrogens with one attached hydrogen (secondary N) is 2. The van der Waals surface area contributed by atoms with Crippen LogP contribution in [-0.2, 0) is 6.54 Å². The summed E-state index contributed by atoms with van der Waals surface area (Å²) in [5.41, 5.74) is 3.28. The molecule has 0 bridgehead atoms. The number of rotatable bonds is 3. The van der Waals surface area contributed by atoms with Crippen LogP contribution in [0.15, 0.2) is 42.5 Å². The lowest BCUT2D eigenvalue weighted by Crippen LogP contribution is -2.21. The normalized spacial score (nSPS) is 12.7. The average molecular weight is 383 g/mol. The predicted octanol–water partition coefficient (Wildman–Crippen LogP) is 2.53. The van der Waals surface area contributed by atoms with Gasteiger partial charge in [-0.15, -0.1) is 5.10 Å². The Labute approximate surface area is 164 Å². The number of nitriles is 1. The first-order chi connectivity index (χ1) is 14.2. The molecule has 2 aromatic carbocycles. The van der Waals surface area contributed by atoms with E-state index in [0.717, 1.165) is 10.9 Å². The second kappa shape index (κ2) is 6.38. The molecule has 1 aliphatic rings. The van der Waals surface area contributed by atoms with Crippen LogP contribution in [0.1, 0.15) is 32.8 Å². The SMILES string of the molecule is N#Cc1ccc(NC(=O)c2cc3cccc4c3n2CCC4=O)c(-c2nnn[nH]2)c1. The van der Waals surface area contributed by atoms with Gasteiger partial charge in [-0.1, -0.05) is 12.1 Å². The van der Waals surface area contributed by atoms with Gasteiger partial charge in [-0.3, -0.25) is 9.59 Å². The van der Waals surface area contributed by atoms with Gasteiger partial charge in [0.1, 0.15) is 5.69 Å². The van der Waals surface area contributed by atoms with E-state index in [-0.39, 0.29) is 11.7 Å². The number of para-hydroxylation sites is 1. The van der Waals surface area contributed by atoms with Gasteiger partial charge >= 0.3 is 0 Å². The van der Waals surface area contributed by atoms with Gasteiger partial charge in [-0.2, -0.15) is 5.26 Å². The van der Waals surface area contributed by atoms with Crippen molar-refractivity contribution < 1.29 is 9.59 Å². The molecule has 0 aliphatic carbocycles. The van der Waals surface area contributed by atoms with Gasteiger partial charge in [0, 0.05) is 29.5 Å². The first-order valence-electron chi connectivity index (χ1n) is 8.91. The van der Waals surface area contributed by atoms with Crippen LogP contribution in [0.2, 0.25) is 0 Å². The molecule has 2 N–H and O–H groups in total. The second-order valence-electron chi connectivity index (χ2n) is 6.67. The molecule has 0 spiro atoms. The fourth-order valence-electron chi connectivity index (χ4n) is 3.70. The first kappa shape index (κ1) is 16.8. The van der Waals surface area contributed by atoms with Crippen molar-refractivity contribution in [2.75, 3.05) is 5.32 Å². The fraction of sp³-hybridized carbons (Fsp3) is 0.100. The van der Waals surface area contributed by atoms with E-state index in [2.05, 4.69) is 32.0 Å². The largest absolute Gasteiger partial charge is 0.335 e. The molecule has 9 heteroatoms. The highest BCUT2D eigenvalue weighted by Crippen LogP contribution is 2.30. The zero-order valence-electron chi connectivity index (χ0n) is 15.0. The number of amides is 1. The van der Waals surface area contributed by atoms with Crippen molar-refractivity contribution in [3.8, 4) is 17.5 Å². The van der Waals surface area contributed by atoms with Crippen LogP contribution in [0.3, 0.4) is 0 Å². The number of aromatic nitrogens is 5. The zero-order chi connectivity index (χ0) is 20.0. The summed E-state index contributed by atoms with van der Waals surface area (Å²) in [4.78, 5) is 25.3. The Morgan fingerprint density at radius 2 is 2.10 bits per heavy atom. The molecule has 0 radical (unpaired) electrons. The number of ketones is 1. The monoisotopic (exact) mass is 383 g/mol. The van der Waals surface area contributed by atoms with Crippen LogP contribution in [0.25, 0.3) is 22.3 Å². The number of anilines is 1. The summed E-state index contributed by atoms with van der Waals surface area (Å²) in [6.45, 7) is 0.453. The number of hydrogen-bond acceptors (Lipinski definition) is 6. The van der Waals surface area contributed by atoms with Crippen molar-refractivity contribution in [1.29, 1.82) is 5.26 Å². The minimum absolute atomic E-state index is 0.0837. The van der Waals surface area contributed by atoms with Crippen molar-refractivity contribution in [3.63, 3.8) is 0 Å². The number of nitrogens with zero attached hydrogens (tertiary/aromatic N) is 5. The lowest BCUT2D eigenvalue weighted by Gasteiger charge is -2.17. The molecule has 140 valence electrons. The van der Waals surface area contributed by atoms with Gasteiger partial charge in [0.05, 0.1) is 22.8 Å². The van der Waals surface area contributed by atoms with Crippen LogP contribution in [-0.4, -0.2) is 36.9 Å². The Morgan fingerprint density at radius 1 is 1.21 bits per heavy atom. The molecule has 0 atom stereocenters. The van der Waals surface area contributed by atoms with Crippen molar-refractivity contribution >= 4 is 28.3 Å². The third-order valence-electron chi connectivity index (χ3n) is 5.01. The van der Waals surface area contributed by atoms with Gasteiger partial charge in [-0.05, 0) is 40.8 Å². The molecule has 0 fully saturated rings. The van der Waals surface area contributed by atoms with Crippen LogP contribution in [0.4, 0.5) is 5.69 Å². The van der Waals surface area contributed by atoms with Gasteiger partial charge < -0.3 is 9.88 Å². The van der Waals surface area contributed by atoms with E-state index in [0.29, 0.717) is 46.9 Å². The predicted molar refractivity (Wildman–Crippen MR) is 103 cm³/mol. The Bertz CT molecular complexity index is 1330. The van der Waals surface area contributed by atoms with Gasteiger partial charge in [-0.25, -0.2) is 5.10 Å². The maximum atomic E-state index is 13.1. The van der Waals surface area contributed by atoms with Crippen molar-refractivity contribution in [3.05, 3.63) is 59.3 Å². The average Bonchev–Trinajstić information content (AvgIpc) is 3.40. The maximum Gasteiger partial charge on any atom is 0.272 e. The molecule has 9 nitrogen and oxygen atoms in total. The van der Waals surface area contributed by atoms with Crippen LogP contribution < -0.4 is 5.32 Å². The quantitative estimate of drug-likeness (QED) is 0.559. The summed E-state index contributed by atoms with van der Waals surface area (Å²) in [6.07, 6.45) is 0.354. The molecule has 2 aromatic heterocycles. The van der Waals surface area contributed by atoms with E-state index in [1.54, 1.807) is 30.3 Å². The topological polar surface area (TPSA) is 129 Å². The number of aromatic amines is 1. The van der Waals surface area contributed by atoms with E-state index in [1.807, 2.05) is 16.7 Å². The van der Waals surface area contributed by atoms with E-state index in [9.17, 15) is 14.9 Å². The van der Waals surface area contributed by atoms with E-state index >= 15 is 0 Å². The number of benzene rings is 2. The molecular weight excluding hydrogens is 370 g/mol. The smallest absolute Gasteiger partial charge is 0.272 e. The second-order valence-corrected chi connectivity index (χ2v) is 6.67. The molecule has 4 aromatic rings. The van der Waals surface area contributed by atoms with Gasteiger partial charge in [0.15, 0.2) is 11.6 Å². The van der Waals surface area contributed by atoms with E-state index in [1.165, 1.54) is 0 Å². The third-order valence-corrected chi connectivity index (χ3v) is 5.01. The number of carbonyl (C=O) groups excluding carboxylic acids is 2. The van der Waals surface area contributed by atoms with Crippen LogP contribution >= 0.6 is 0 Å². The summed E-state index contributed by atoms with van der Waals surface area (Å²) < 4.78 is 1.88. The Hall–Kier alpha value is -4.32. The fourth-order valence-corrected chi connectivity index (χ4v) is 3.70. The van der Waals surface area contributed by atoms with Gasteiger partial charge in [0.2, 0.25) is 0 Å². The first-order valence-corrected chi connectivity index (χ1v) is 8.91. The zero-order valence-corrected chi connectivity index (χ0v) is 15.0. The van der Waals surface area contributed by atoms with Crippen molar-refractivity contribution in [1.82, 2.24) is 25.2 Å². The van der Waals surface area contributed by atoms with Crippen molar-refractivity contribution in [2.45, 2.75) is 13.0 Å². The van der Waals surface area contributed by atoms with Gasteiger partial charge in [0.25, 0.3) is 5.91 Å². The van der Waals surface area contributed by atoms with Crippen LogP contribution in [0, 0.1) is 11.3 Å².